The highest BCUT2D eigenvalue weighted by Crippen LogP contribution is 2.39. The normalized spacial score (nSPS) is 12.0. The summed E-state index contributed by atoms with van der Waals surface area (Å²) in [6.07, 6.45) is 0. The Morgan fingerprint density at radius 2 is 0.746 bits per heavy atom. The quantitative estimate of drug-likeness (QED) is 0.169. The van der Waals surface area contributed by atoms with Gasteiger partial charge in [-0.05, 0) is 151 Å². The van der Waals surface area contributed by atoms with Crippen molar-refractivity contribution < 1.29 is 10.2 Å². The van der Waals surface area contributed by atoms with Crippen molar-refractivity contribution in [1.29, 1.82) is 0 Å². The standard InChI is InChI=1S/C54H33N3O2/c1-2-8-37-27-42(14-13-34(37)7-1)43-15-16-45-29-48(26-21-44(45)28-43)57(46-22-17-35(18-23-46)53-55-49-30-38-9-3-5-11-40(38)32-51(49)58-53)47-24-19-36(20-25-47)54-56-50-31-39-10-4-6-12-41(39)33-52(50)59-54/h1-33H/i28D. The van der Waals surface area contributed by atoms with Crippen LogP contribution in [0.4, 0.5) is 17.1 Å². The van der Waals surface area contributed by atoms with Gasteiger partial charge < -0.3 is 13.7 Å². The molecule has 0 aliphatic heterocycles. The molecule has 276 valence electrons. The van der Waals surface area contributed by atoms with Crippen molar-refractivity contribution in [1.82, 2.24) is 9.97 Å². The number of oxazole rings is 2. The van der Waals surface area contributed by atoms with Crippen LogP contribution in [0.5, 0.6) is 0 Å². The first-order chi connectivity index (χ1) is 29.6. The molecule has 0 amide bonds. The maximum absolute atomic E-state index is 9.32. The van der Waals surface area contributed by atoms with Crippen molar-refractivity contribution in [3.8, 4) is 34.0 Å². The van der Waals surface area contributed by atoms with Gasteiger partial charge in [-0.15, -0.1) is 0 Å². The molecule has 12 aromatic rings. The zero-order valence-electron chi connectivity index (χ0n) is 32.6. The molecule has 0 bridgehead atoms. The minimum Gasteiger partial charge on any atom is -0.436 e. The minimum absolute atomic E-state index is 0.507. The van der Waals surface area contributed by atoms with Gasteiger partial charge in [0.25, 0.3) is 0 Å². The number of aromatic nitrogens is 2. The lowest BCUT2D eigenvalue weighted by Crippen LogP contribution is -2.09. The Balaban J connectivity index is 0.934. The predicted octanol–water partition coefficient (Wildman–Crippen LogP) is 15.1. The molecular formula is C54H33N3O2. The maximum atomic E-state index is 9.32. The number of anilines is 3. The summed E-state index contributed by atoms with van der Waals surface area (Å²) in [7, 11) is 0. The molecule has 0 fully saturated rings. The zero-order valence-corrected chi connectivity index (χ0v) is 31.6. The molecule has 0 saturated heterocycles. The second-order valence-corrected chi connectivity index (χ2v) is 15.0. The third-order valence-electron chi connectivity index (χ3n) is 11.3. The second kappa shape index (κ2) is 13.3. The van der Waals surface area contributed by atoms with Gasteiger partial charge in [0.05, 0.1) is 1.37 Å². The highest BCUT2D eigenvalue weighted by Gasteiger charge is 2.17. The average Bonchev–Trinajstić information content (AvgIpc) is 3.91. The van der Waals surface area contributed by atoms with Gasteiger partial charge in [0.15, 0.2) is 11.2 Å². The molecule has 10 aromatic carbocycles. The van der Waals surface area contributed by atoms with Crippen LogP contribution in [0.3, 0.4) is 0 Å². The van der Waals surface area contributed by atoms with E-state index in [9.17, 15) is 1.37 Å². The molecule has 0 unspecified atom stereocenters. The van der Waals surface area contributed by atoms with Crippen molar-refractivity contribution in [2.45, 2.75) is 0 Å². The van der Waals surface area contributed by atoms with Crippen molar-refractivity contribution in [2.24, 2.45) is 0 Å². The summed E-state index contributed by atoms with van der Waals surface area (Å²) >= 11 is 0. The molecule has 0 saturated carbocycles. The first-order valence-electron chi connectivity index (χ1n) is 20.2. The van der Waals surface area contributed by atoms with Crippen LogP contribution >= 0.6 is 0 Å². The highest BCUT2D eigenvalue weighted by atomic mass is 16.4. The number of rotatable bonds is 6. The molecule has 5 nitrogen and oxygen atoms in total. The summed E-state index contributed by atoms with van der Waals surface area (Å²) in [5, 5.41) is 8.71. The van der Waals surface area contributed by atoms with E-state index >= 15 is 0 Å². The third kappa shape index (κ3) is 5.87. The summed E-state index contributed by atoms with van der Waals surface area (Å²) in [4.78, 5) is 12.0. The van der Waals surface area contributed by atoms with Gasteiger partial charge in [0, 0.05) is 28.2 Å². The van der Waals surface area contributed by atoms with Gasteiger partial charge in [-0.1, -0.05) is 103 Å². The molecule has 5 heteroatoms. The van der Waals surface area contributed by atoms with E-state index in [1.54, 1.807) is 0 Å². The van der Waals surface area contributed by atoms with E-state index in [-0.39, 0.29) is 0 Å². The van der Waals surface area contributed by atoms with E-state index in [0.29, 0.717) is 17.8 Å². The molecule has 0 atom stereocenters. The first kappa shape index (κ1) is 32.1. The molecule has 2 heterocycles. The minimum atomic E-state index is 0.507. The van der Waals surface area contributed by atoms with Gasteiger partial charge >= 0.3 is 0 Å². The monoisotopic (exact) mass is 756 g/mol. The van der Waals surface area contributed by atoms with Crippen molar-refractivity contribution in [3.05, 3.63) is 200 Å². The number of hydrogen-bond donors (Lipinski definition) is 0. The number of fused-ring (bicyclic) bond motifs is 6. The van der Waals surface area contributed by atoms with Crippen molar-refractivity contribution in [3.63, 3.8) is 0 Å². The van der Waals surface area contributed by atoms with E-state index in [1.165, 1.54) is 5.39 Å². The highest BCUT2D eigenvalue weighted by molar-refractivity contribution is 5.97. The van der Waals surface area contributed by atoms with Crippen LogP contribution in [-0.4, -0.2) is 9.97 Å². The number of hydrogen-bond acceptors (Lipinski definition) is 5. The van der Waals surface area contributed by atoms with Crippen LogP contribution in [0.2, 0.25) is 0 Å². The number of nitrogens with zero attached hydrogens (tertiary/aromatic N) is 3. The third-order valence-corrected chi connectivity index (χ3v) is 11.3. The predicted molar refractivity (Wildman–Crippen MR) is 243 cm³/mol. The molecule has 0 radical (unpaired) electrons. The van der Waals surface area contributed by atoms with E-state index < -0.39 is 0 Å². The smallest absolute Gasteiger partial charge is 0.227 e. The Morgan fingerprint density at radius 1 is 0.339 bits per heavy atom. The fourth-order valence-corrected chi connectivity index (χ4v) is 8.25. The molecule has 12 rings (SSSR count). The van der Waals surface area contributed by atoms with Gasteiger partial charge in [-0.3, -0.25) is 0 Å². The molecule has 0 aliphatic rings. The van der Waals surface area contributed by atoms with Crippen LogP contribution in [-0.2, 0) is 0 Å². The van der Waals surface area contributed by atoms with Crippen LogP contribution in [0, 0.1) is 0 Å². The van der Waals surface area contributed by atoms with Crippen LogP contribution in [0.15, 0.2) is 209 Å². The summed E-state index contributed by atoms with van der Waals surface area (Å²) < 4.78 is 21.9. The first-order valence-corrected chi connectivity index (χ1v) is 19.7. The fourth-order valence-electron chi connectivity index (χ4n) is 8.25. The zero-order chi connectivity index (χ0) is 39.7. The van der Waals surface area contributed by atoms with E-state index in [4.69, 9.17) is 18.8 Å². The SMILES string of the molecule is [2H]c1c(-c2ccc3ccccc3c2)ccc2cc(N(c3ccc(-c4nc5cc6ccccc6cc5o4)cc3)c3ccc(-c4nc5cc6ccccc6cc5o4)cc3)ccc12. The van der Waals surface area contributed by atoms with Gasteiger partial charge in [0.1, 0.15) is 11.0 Å². The Kier molecular flexibility index (Phi) is 7.23. The van der Waals surface area contributed by atoms with E-state index in [2.05, 4.69) is 175 Å². The lowest BCUT2D eigenvalue weighted by molar-refractivity contribution is 0.620. The summed E-state index contributed by atoms with van der Waals surface area (Å²) in [5.41, 5.74) is 9.77. The molecule has 2 aromatic heterocycles. The average molecular weight is 757 g/mol. The molecule has 0 N–H and O–H groups in total. The molecule has 0 spiro atoms. The maximum Gasteiger partial charge on any atom is 0.227 e. The molecule has 59 heavy (non-hydrogen) atoms. The van der Waals surface area contributed by atoms with E-state index in [1.807, 2.05) is 24.3 Å². The van der Waals surface area contributed by atoms with E-state index in [0.717, 1.165) is 99.2 Å². The Labute approximate surface area is 340 Å². The fraction of sp³-hybridized carbons (Fsp3) is 0. The topological polar surface area (TPSA) is 55.3 Å². The van der Waals surface area contributed by atoms with Crippen LogP contribution < -0.4 is 4.90 Å². The molecule has 0 aliphatic carbocycles. The van der Waals surface area contributed by atoms with Gasteiger partial charge in [0.2, 0.25) is 11.8 Å². The summed E-state index contributed by atoms with van der Waals surface area (Å²) in [6.45, 7) is 0. The molecular weight excluding hydrogens is 723 g/mol. The summed E-state index contributed by atoms with van der Waals surface area (Å²) in [5.74, 6) is 1.15. The Hall–Kier alpha value is -8.02. The van der Waals surface area contributed by atoms with Gasteiger partial charge in [-0.2, -0.15) is 0 Å². The second-order valence-electron chi connectivity index (χ2n) is 15.0. The Bertz CT molecular complexity index is 3360. The van der Waals surface area contributed by atoms with Crippen LogP contribution in [0.25, 0.3) is 99.3 Å². The van der Waals surface area contributed by atoms with Crippen molar-refractivity contribution in [2.75, 3.05) is 4.90 Å². The van der Waals surface area contributed by atoms with Crippen LogP contribution in [0.1, 0.15) is 1.37 Å². The van der Waals surface area contributed by atoms with Crippen molar-refractivity contribution >= 4 is 82.4 Å². The lowest BCUT2D eigenvalue weighted by Gasteiger charge is -2.26. The summed E-state index contributed by atoms with van der Waals surface area (Å²) in [6, 6.07) is 67.2. The lowest BCUT2D eigenvalue weighted by atomic mass is 9.98. The Morgan fingerprint density at radius 3 is 1.31 bits per heavy atom. The van der Waals surface area contributed by atoms with Gasteiger partial charge in [-0.25, -0.2) is 9.97 Å². The largest absolute Gasteiger partial charge is 0.436 e. The number of benzene rings is 10.